The highest BCUT2D eigenvalue weighted by Crippen LogP contribution is 2.22. The number of carbonyl (C=O) groups excluding carboxylic acids is 1. The number of halogens is 1. The lowest BCUT2D eigenvalue weighted by molar-refractivity contribution is 0.104. The van der Waals surface area contributed by atoms with Crippen LogP contribution in [0.4, 0.5) is 10.5 Å². The number of nitrogens with one attached hydrogen (secondary N) is 2. The van der Waals surface area contributed by atoms with Gasteiger partial charge in [0.2, 0.25) is 0 Å². The van der Waals surface area contributed by atoms with Crippen LogP contribution in [0.5, 0.6) is 5.75 Å². The van der Waals surface area contributed by atoms with E-state index in [1.54, 1.807) is 38.5 Å². The molecule has 2 aromatic carbocycles. The van der Waals surface area contributed by atoms with Crippen molar-refractivity contribution < 1.29 is 14.3 Å². The van der Waals surface area contributed by atoms with Gasteiger partial charge in [-0.25, -0.2) is 4.79 Å². The lowest BCUT2D eigenvalue weighted by Gasteiger charge is -2.17. The summed E-state index contributed by atoms with van der Waals surface area (Å²) in [6.45, 7) is 0.319. The summed E-state index contributed by atoms with van der Waals surface area (Å²) in [6, 6.07) is 14.2. The summed E-state index contributed by atoms with van der Waals surface area (Å²) in [4.78, 5) is 12.0. The molecule has 2 rings (SSSR count). The quantitative estimate of drug-likeness (QED) is 0.843. The molecular weight excluding hydrogens is 316 g/mol. The van der Waals surface area contributed by atoms with Crippen LogP contribution in [0.2, 0.25) is 5.02 Å². The number of carbonyl (C=O) groups is 1. The molecule has 0 aliphatic carbocycles. The van der Waals surface area contributed by atoms with E-state index in [0.717, 1.165) is 11.3 Å². The molecule has 122 valence electrons. The number of para-hydroxylation sites is 1. The van der Waals surface area contributed by atoms with Crippen molar-refractivity contribution in [2.75, 3.05) is 26.1 Å². The second kappa shape index (κ2) is 8.41. The van der Waals surface area contributed by atoms with Gasteiger partial charge in [0.25, 0.3) is 0 Å². The van der Waals surface area contributed by atoms with E-state index in [2.05, 4.69) is 10.6 Å². The molecule has 0 aliphatic heterocycles. The molecule has 1 unspecified atom stereocenters. The van der Waals surface area contributed by atoms with Gasteiger partial charge in [0.15, 0.2) is 0 Å². The third-order valence-electron chi connectivity index (χ3n) is 3.32. The Bertz CT molecular complexity index is 664. The molecule has 23 heavy (non-hydrogen) atoms. The van der Waals surface area contributed by atoms with Gasteiger partial charge in [0.05, 0.1) is 23.9 Å². The molecule has 1 atom stereocenters. The molecule has 0 aliphatic rings. The molecular formula is C17H19ClN2O3. The zero-order chi connectivity index (χ0) is 16.7. The number of ether oxygens (including phenoxy) is 2. The normalized spacial score (nSPS) is 11.6. The minimum atomic E-state index is -0.344. The van der Waals surface area contributed by atoms with E-state index < -0.39 is 0 Å². The van der Waals surface area contributed by atoms with Crippen LogP contribution in [-0.4, -0.2) is 26.8 Å². The fourth-order valence-electron chi connectivity index (χ4n) is 2.09. The molecule has 2 amide bonds. The third-order valence-corrected chi connectivity index (χ3v) is 3.65. The standard InChI is InChI=1S/C17H19ClN2O3/c1-22-13-7-5-6-12(10-13)16(23-2)11-19-17(21)20-15-9-4-3-8-14(15)18/h3-10,16H,11H2,1-2H3,(H2,19,20,21). The van der Waals surface area contributed by atoms with Crippen LogP contribution >= 0.6 is 11.6 Å². The Kier molecular flexibility index (Phi) is 6.26. The zero-order valence-electron chi connectivity index (χ0n) is 13.0. The minimum Gasteiger partial charge on any atom is -0.497 e. The Labute approximate surface area is 140 Å². The lowest BCUT2D eigenvalue weighted by Crippen LogP contribution is -2.33. The van der Waals surface area contributed by atoms with Crippen LogP contribution < -0.4 is 15.4 Å². The molecule has 2 aromatic rings. The highest BCUT2D eigenvalue weighted by Gasteiger charge is 2.13. The molecule has 0 aromatic heterocycles. The SMILES string of the molecule is COc1cccc(C(CNC(=O)Nc2ccccc2Cl)OC)c1. The fraction of sp³-hybridized carbons (Fsp3) is 0.235. The second-order valence-electron chi connectivity index (χ2n) is 4.82. The van der Waals surface area contributed by atoms with Gasteiger partial charge in [-0.2, -0.15) is 0 Å². The van der Waals surface area contributed by atoms with Crippen LogP contribution in [0.15, 0.2) is 48.5 Å². The molecule has 5 nitrogen and oxygen atoms in total. The Morgan fingerprint density at radius 1 is 1.17 bits per heavy atom. The van der Waals surface area contributed by atoms with Gasteiger partial charge < -0.3 is 20.1 Å². The average Bonchev–Trinajstić information content (AvgIpc) is 2.58. The van der Waals surface area contributed by atoms with Gasteiger partial charge in [0.1, 0.15) is 5.75 Å². The van der Waals surface area contributed by atoms with Crippen LogP contribution in [0.3, 0.4) is 0 Å². The molecule has 0 spiro atoms. The first-order chi connectivity index (χ1) is 11.1. The summed E-state index contributed by atoms with van der Waals surface area (Å²) in [7, 11) is 3.20. The maximum absolute atomic E-state index is 12.0. The van der Waals surface area contributed by atoms with E-state index in [1.807, 2.05) is 24.3 Å². The summed E-state index contributed by atoms with van der Waals surface area (Å²) in [5, 5.41) is 5.96. The van der Waals surface area contributed by atoms with Crippen LogP contribution in [0, 0.1) is 0 Å². The maximum atomic E-state index is 12.0. The molecule has 2 N–H and O–H groups in total. The van der Waals surface area contributed by atoms with Crippen molar-refractivity contribution >= 4 is 23.3 Å². The fourth-order valence-corrected chi connectivity index (χ4v) is 2.28. The van der Waals surface area contributed by atoms with E-state index in [1.165, 1.54) is 0 Å². The minimum absolute atomic E-state index is 0.276. The summed E-state index contributed by atoms with van der Waals surface area (Å²) in [5.74, 6) is 0.741. The highest BCUT2D eigenvalue weighted by atomic mass is 35.5. The van der Waals surface area contributed by atoms with Crippen molar-refractivity contribution in [3.63, 3.8) is 0 Å². The van der Waals surface area contributed by atoms with E-state index >= 15 is 0 Å². The van der Waals surface area contributed by atoms with Gasteiger partial charge in [-0.05, 0) is 29.8 Å². The summed E-state index contributed by atoms with van der Waals surface area (Å²) < 4.78 is 10.6. The van der Waals surface area contributed by atoms with Crippen molar-refractivity contribution in [2.24, 2.45) is 0 Å². The van der Waals surface area contributed by atoms with Crippen LogP contribution in [-0.2, 0) is 4.74 Å². The summed E-state index contributed by atoms with van der Waals surface area (Å²) >= 11 is 6.01. The first kappa shape index (κ1) is 17.1. The molecule has 0 radical (unpaired) electrons. The van der Waals surface area contributed by atoms with Gasteiger partial charge in [-0.3, -0.25) is 0 Å². The van der Waals surface area contributed by atoms with Crippen molar-refractivity contribution in [1.82, 2.24) is 5.32 Å². The first-order valence-corrected chi connectivity index (χ1v) is 7.48. The second-order valence-corrected chi connectivity index (χ2v) is 5.22. The zero-order valence-corrected chi connectivity index (χ0v) is 13.8. The average molecular weight is 335 g/mol. The molecule has 0 fully saturated rings. The molecule has 0 heterocycles. The maximum Gasteiger partial charge on any atom is 0.319 e. The van der Waals surface area contributed by atoms with E-state index in [4.69, 9.17) is 21.1 Å². The van der Waals surface area contributed by atoms with Gasteiger partial charge in [-0.15, -0.1) is 0 Å². The lowest BCUT2D eigenvalue weighted by atomic mass is 10.1. The largest absolute Gasteiger partial charge is 0.497 e. The Hall–Kier alpha value is -2.24. The van der Waals surface area contributed by atoms with Gasteiger partial charge in [-0.1, -0.05) is 35.9 Å². The van der Waals surface area contributed by atoms with Crippen LogP contribution in [0.25, 0.3) is 0 Å². The van der Waals surface area contributed by atoms with Crippen molar-refractivity contribution in [1.29, 1.82) is 0 Å². The van der Waals surface area contributed by atoms with E-state index in [-0.39, 0.29) is 12.1 Å². The molecule has 6 heteroatoms. The number of amides is 2. The number of anilines is 1. The number of hydrogen-bond donors (Lipinski definition) is 2. The van der Waals surface area contributed by atoms with Crippen LogP contribution in [0.1, 0.15) is 11.7 Å². The van der Waals surface area contributed by atoms with Gasteiger partial charge >= 0.3 is 6.03 Å². The van der Waals surface area contributed by atoms with Crippen molar-refractivity contribution in [2.45, 2.75) is 6.10 Å². The van der Waals surface area contributed by atoms with Gasteiger partial charge in [0, 0.05) is 13.7 Å². The number of benzene rings is 2. The highest BCUT2D eigenvalue weighted by molar-refractivity contribution is 6.33. The first-order valence-electron chi connectivity index (χ1n) is 7.10. The number of hydrogen-bond acceptors (Lipinski definition) is 3. The summed E-state index contributed by atoms with van der Waals surface area (Å²) in [5.41, 5.74) is 1.48. The number of methoxy groups -OCH3 is 2. The number of urea groups is 1. The number of rotatable bonds is 6. The third kappa shape index (κ3) is 4.87. The molecule has 0 bridgehead atoms. The summed E-state index contributed by atoms with van der Waals surface area (Å²) in [6.07, 6.45) is -0.276. The topological polar surface area (TPSA) is 59.6 Å². The van der Waals surface area contributed by atoms with E-state index in [0.29, 0.717) is 17.3 Å². The monoisotopic (exact) mass is 334 g/mol. The van der Waals surface area contributed by atoms with Crippen molar-refractivity contribution in [3.05, 3.63) is 59.1 Å². The predicted octanol–water partition coefficient (Wildman–Crippen LogP) is 3.86. The molecule has 0 saturated heterocycles. The Balaban J connectivity index is 1.94. The Morgan fingerprint density at radius 2 is 1.96 bits per heavy atom. The smallest absolute Gasteiger partial charge is 0.319 e. The Morgan fingerprint density at radius 3 is 2.65 bits per heavy atom. The molecule has 0 saturated carbocycles. The van der Waals surface area contributed by atoms with E-state index in [9.17, 15) is 4.79 Å². The van der Waals surface area contributed by atoms with Crippen molar-refractivity contribution in [3.8, 4) is 5.75 Å². The predicted molar refractivity (Wildman–Crippen MR) is 91.2 cm³/mol.